The van der Waals surface area contributed by atoms with Crippen molar-refractivity contribution in [2.75, 3.05) is 0 Å². The standard InChI is InChI=1S/C15H12N4O2/c1-10-2-3-12(15(20)21)8-14(10)19-9-13(17-18-19)11-4-6-16-7-5-11/h2-9H,1H3,(H,20,21). The maximum absolute atomic E-state index is 11.1. The van der Waals surface area contributed by atoms with E-state index in [1.165, 1.54) is 0 Å². The SMILES string of the molecule is Cc1ccc(C(=O)O)cc1-n1cc(-c2ccncc2)nn1. The molecule has 0 fully saturated rings. The minimum absolute atomic E-state index is 0.219. The first-order chi connectivity index (χ1) is 10.1. The summed E-state index contributed by atoms with van der Waals surface area (Å²) in [5.74, 6) is -0.967. The zero-order valence-electron chi connectivity index (χ0n) is 11.3. The van der Waals surface area contributed by atoms with Crippen LogP contribution in [0.2, 0.25) is 0 Å². The second-order valence-corrected chi connectivity index (χ2v) is 4.59. The van der Waals surface area contributed by atoms with E-state index in [1.54, 1.807) is 41.5 Å². The lowest BCUT2D eigenvalue weighted by Gasteiger charge is -2.05. The molecule has 2 heterocycles. The number of nitrogens with zero attached hydrogens (tertiary/aromatic N) is 4. The molecule has 0 amide bonds. The molecule has 0 saturated carbocycles. The highest BCUT2D eigenvalue weighted by Gasteiger charge is 2.10. The van der Waals surface area contributed by atoms with Gasteiger partial charge in [0.05, 0.1) is 17.4 Å². The fraction of sp³-hybridized carbons (Fsp3) is 0.0667. The highest BCUT2D eigenvalue weighted by molar-refractivity contribution is 5.88. The summed E-state index contributed by atoms with van der Waals surface area (Å²) in [5, 5.41) is 17.3. The van der Waals surface area contributed by atoms with E-state index in [0.717, 1.165) is 11.1 Å². The van der Waals surface area contributed by atoms with E-state index in [-0.39, 0.29) is 5.56 Å². The summed E-state index contributed by atoms with van der Waals surface area (Å²) in [4.78, 5) is 15.0. The van der Waals surface area contributed by atoms with Gasteiger partial charge in [-0.25, -0.2) is 9.48 Å². The van der Waals surface area contributed by atoms with E-state index in [4.69, 9.17) is 5.11 Å². The van der Waals surface area contributed by atoms with Gasteiger partial charge in [-0.2, -0.15) is 0 Å². The lowest BCUT2D eigenvalue weighted by molar-refractivity contribution is 0.0697. The van der Waals surface area contributed by atoms with E-state index in [9.17, 15) is 4.79 Å². The second-order valence-electron chi connectivity index (χ2n) is 4.59. The zero-order valence-corrected chi connectivity index (χ0v) is 11.3. The number of aryl methyl sites for hydroxylation is 1. The molecule has 2 aromatic heterocycles. The lowest BCUT2D eigenvalue weighted by Crippen LogP contribution is -2.02. The fourth-order valence-electron chi connectivity index (χ4n) is 2.03. The molecular weight excluding hydrogens is 268 g/mol. The molecular formula is C15H12N4O2. The number of rotatable bonds is 3. The third-order valence-electron chi connectivity index (χ3n) is 3.17. The molecule has 104 valence electrons. The highest BCUT2D eigenvalue weighted by atomic mass is 16.4. The highest BCUT2D eigenvalue weighted by Crippen LogP contribution is 2.19. The molecule has 3 aromatic rings. The van der Waals surface area contributed by atoms with Crippen LogP contribution in [-0.4, -0.2) is 31.1 Å². The fourth-order valence-corrected chi connectivity index (χ4v) is 2.03. The Hall–Kier alpha value is -3.02. The van der Waals surface area contributed by atoms with Crippen LogP contribution >= 0.6 is 0 Å². The van der Waals surface area contributed by atoms with E-state index < -0.39 is 5.97 Å². The maximum atomic E-state index is 11.1. The van der Waals surface area contributed by atoms with Crippen molar-refractivity contribution < 1.29 is 9.90 Å². The van der Waals surface area contributed by atoms with E-state index >= 15 is 0 Å². The number of benzene rings is 1. The van der Waals surface area contributed by atoms with Crippen molar-refractivity contribution in [3.05, 3.63) is 60.0 Å². The largest absolute Gasteiger partial charge is 0.478 e. The quantitative estimate of drug-likeness (QED) is 0.796. The minimum Gasteiger partial charge on any atom is -0.478 e. The monoisotopic (exact) mass is 280 g/mol. The Kier molecular flexibility index (Phi) is 3.19. The molecule has 6 nitrogen and oxygen atoms in total. The molecule has 0 saturated heterocycles. The van der Waals surface area contributed by atoms with Crippen molar-refractivity contribution >= 4 is 5.97 Å². The predicted octanol–water partition coefficient (Wildman–Crippen LogP) is 2.34. The van der Waals surface area contributed by atoms with Gasteiger partial charge in [-0.15, -0.1) is 5.10 Å². The number of pyridine rings is 1. The first-order valence-corrected chi connectivity index (χ1v) is 6.32. The van der Waals surface area contributed by atoms with Gasteiger partial charge >= 0.3 is 5.97 Å². The third kappa shape index (κ3) is 2.51. The molecule has 0 unspecified atom stereocenters. The Labute approximate surface area is 120 Å². The van der Waals surface area contributed by atoms with Gasteiger partial charge in [0.25, 0.3) is 0 Å². The van der Waals surface area contributed by atoms with Crippen molar-refractivity contribution in [2.24, 2.45) is 0 Å². The molecule has 6 heteroatoms. The number of carbonyl (C=O) groups is 1. The molecule has 3 rings (SSSR count). The molecule has 1 aromatic carbocycles. The van der Waals surface area contributed by atoms with Crippen LogP contribution in [0, 0.1) is 6.92 Å². The van der Waals surface area contributed by atoms with E-state index in [2.05, 4.69) is 15.3 Å². The summed E-state index contributed by atoms with van der Waals surface area (Å²) in [6.07, 6.45) is 5.14. The maximum Gasteiger partial charge on any atom is 0.335 e. The number of aromatic carboxylic acids is 1. The zero-order chi connectivity index (χ0) is 14.8. The number of aromatic nitrogens is 4. The first-order valence-electron chi connectivity index (χ1n) is 6.32. The summed E-state index contributed by atoms with van der Waals surface area (Å²) in [5.41, 5.74) is 3.45. The van der Waals surface area contributed by atoms with Gasteiger partial charge in [-0.05, 0) is 36.8 Å². The molecule has 0 aliphatic rings. The third-order valence-corrected chi connectivity index (χ3v) is 3.17. The van der Waals surface area contributed by atoms with E-state index in [0.29, 0.717) is 11.4 Å². The van der Waals surface area contributed by atoms with Crippen molar-refractivity contribution in [1.82, 2.24) is 20.0 Å². The topological polar surface area (TPSA) is 80.9 Å². The van der Waals surface area contributed by atoms with Crippen LogP contribution in [0.1, 0.15) is 15.9 Å². The number of carboxylic acids is 1. The number of hydrogen-bond donors (Lipinski definition) is 1. The van der Waals surface area contributed by atoms with Crippen LogP contribution in [0.4, 0.5) is 0 Å². The molecule has 0 bridgehead atoms. The summed E-state index contributed by atoms with van der Waals surface area (Å²) in [6, 6.07) is 8.60. The van der Waals surface area contributed by atoms with E-state index in [1.807, 2.05) is 19.1 Å². The molecule has 0 atom stereocenters. The minimum atomic E-state index is -0.967. The van der Waals surface area contributed by atoms with Gasteiger partial charge in [-0.3, -0.25) is 4.98 Å². The van der Waals surface area contributed by atoms with Crippen LogP contribution in [0.3, 0.4) is 0 Å². The van der Waals surface area contributed by atoms with Gasteiger partial charge in [0, 0.05) is 18.0 Å². The summed E-state index contributed by atoms with van der Waals surface area (Å²) in [6.45, 7) is 1.90. The normalized spacial score (nSPS) is 10.5. The van der Waals surface area contributed by atoms with Crippen molar-refractivity contribution in [3.63, 3.8) is 0 Å². The Morgan fingerprint density at radius 1 is 1.19 bits per heavy atom. The Bertz CT molecular complexity index is 796. The Morgan fingerprint density at radius 2 is 1.95 bits per heavy atom. The van der Waals surface area contributed by atoms with Crippen LogP contribution in [-0.2, 0) is 0 Å². The average molecular weight is 280 g/mol. The summed E-state index contributed by atoms with van der Waals surface area (Å²) >= 11 is 0. The van der Waals surface area contributed by atoms with Crippen molar-refractivity contribution in [3.8, 4) is 16.9 Å². The average Bonchev–Trinajstić information content (AvgIpc) is 2.98. The predicted molar refractivity (Wildman–Crippen MR) is 76.3 cm³/mol. The van der Waals surface area contributed by atoms with Gasteiger partial charge in [-0.1, -0.05) is 11.3 Å². The van der Waals surface area contributed by atoms with Gasteiger partial charge in [0.1, 0.15) is 5.69 Å². The molecule has 0 radical (unpaired) electrons. The van der Waals surface area contributed by atoms with Crippen LogP contribution in [0.5, 0.6) is 0 Å². The Balaban J connectivity index is 2.04. The Morgan fingerprint density at radius 3 is 2.67 bits per heavy atom. The van der Waals surface area contributed by atoms with Gasteiger partial charge < -0.3 is 5.11 Å². The summed E-state index contributed by atoms with van der Waals surface area (Å²) in [7, 11) is 0. The smallest absolute Gasteiger partial charge is 0.335 e. The second kappa shape index (κ2) is 5.16. The number of hydrogen-bond acceptors (Lipinski definition) is 4. The van der Waals surface area contributed by atoms with Crippen LogP contribution < -0.4 is 0 Å². The first kappa shape index (κ1) is 13.0. The van der Waals surface area contributed by atoms with Gasteiger partial charge in [0.15, 0.2) is 0 Å². The van der Waals surface area contributed by atoms with Gasteiger partial charge in [0.2, 0.25) is 0 Å². The van der Waals surface area contributed by atoms with Crippen LogP contribution in [0.15, 0.2) is 48.9 Å². The molecule has 0 aliphatic heterocycles. The molecule has 0 aliphatic carbocycles. The van der Waals surface area contributed by atoms with Crippen molar-refractivity contribution in [2.45, 2.75) is 6.92 Å². The van der Waals surface area contributed by atoms with Crippen LogP contribution in [0.25, 0.3) is 16.9 Å². The van der Waals surface area contributed by atoms with Crippen molar-refractivity contribution in [1.29, 1.82) is 0 Å². The molecule has 21 heavy (non-hydrogen) atoms. The summed E-state index contributed by atoms with van der Waals surface area (Å²) < 4.78 is 1.58. The number of carboxylic acid groups (broad SMARTS) is 1. The molecule has 1 N–H and O–H groups in total. The molecule has 0 spiro atoms. The lowest BCUT2D eigenvalue weighted by atomic mass is 10.1.